The van der Waals surface area contributed by atoms with Crippen LogP contribution in [0.25, 0.3) is 0 Å². The minimum Gasteiger partial charge on any atom is -0.403 e. The van der Waals surface area contributed by atoms with Crippen molar-refractivity contribution in [1.82, 2.24) is 5.32 Å². The standard InChI is InChI=1S/C6H15N3O/c7-2-1-6(5-8)9-3-4-10/h5,9-10H,1-4,7-8H2. The van der Waals surface area contributed by atoms with Crippen molar-refractivity contribution in [2.75, 3.05) is 19.7 Å². The van der Waals surface area contributed by atoms with Gasteiger partial charge in [-0.2, -0.15) is 0 Å². The molecule has 0 amide bonds. The summed E-state index contributed by atoms with van der Waals surface area (Å²) in [6.45, 7) is 1.21. The Balaban J connectivity index is 3.41. The summed E-state index contributed by atoms with van der Waals surface area (Å²) in [6, 6.07) is 0. The molecule has 10 heavy (non-hydrogen) atoms. The van der Waals surface area contributed by atoms with E-state index in [1.807, 2.05) is 0 Å². The summed E-state index contributed by atoms with van der Waals surface area (Å²) in [4.78, 5) is 0. The predicted molar refractivity (Wildman–Crippen MR) is 41.0 cm³/mol. The Hall–Kier alpha value is -0.740. The average molecular weight is 145 g/mol. The summed E-state index contributed by atoms with van der Waals surface area (Å²) < 4.78 is 0. The average Bonchev–Trinajstić information content (AvgIpc) is 1.98. The molecule has 0 bridgehead atoms. The molecule has 0 saturated heterocycles. The molecule has 0 aliphatic rings. The third-order valence-electron chi connectivity index (χ3n) is 1.08. The fraction of sp³-hybridized carbons (Fsp3) is 0.667. The molecule has 0 heterocycles. The van der Waals surface area contributed by atoms with Crippen LogP contribution in [0.1, 0.15) is 6.42 Å². The topological polar surface area (TPSA) is 84.3 Å². The van der Waals surface area contributed by atoms with Crippen LogP contribution in [0, 0.1) is 0 Å². The number of rotatable bonds is 5. The molecule has 0 aromatic carbocycles. The number of aliphatic hydroxyl groups excluding tert-OH is 1. The van der Waals surface area contributed by atoms with Gasteiger partial charge in [-0.3, -0.25) is 0 Å². The third-order valence-corrected chi connectivity index (χ3v) is 1.08. The van der Waals surface area contributed by atoms with E-state index in [1.165, 1.54) is 6.20 Å². The molecule has 0 aliphatic carbocycles. The normalized spacial score (nSPS) is 11.6. The molecule has 0 atom stereocenters. The highest BCUT2D eigenvalue weighted by Gasteiger charge is 1.91. The summed E-state index contributed by atoms with van der Waals surface area (Å²) in [7, 11) is 0. The summed E-state index contributed by atoms with van der Waals surface area (Å²) in [5.74, 6) is 0. The minimum absolute atomic E-state index is 0.113. The van der Waals surface area contributed by atoms with Crippen LogP contribution in [0.3, 0.4) is 0 Å². The molecule has 0 radical (unpaired) electrons. The van der Waals surface area contributed by atoms with E-state index < -0.39 is 0 Å². The third kappa shape index (κ3) is 4.17. The zero-order chi connectivity index (χ0) is 7.82. The first-order valence-electron chi connectivity index (χ1n) is 3.30. The quantitative estimate of drug-likeness (QED) is 0.388. The largest absolute Gasteiger partial charge is 0.403 e. The van der Waals surface area contributed by atoms with Gasteiger partial charge in [-0.25, -0.2) is 0 Å². The van der Waals surface area contributed by atoms with E-state index >= 15 is 0 Å². The van der Waals surface area contributed by atoms with Gasteiger partial charge in [0, 0.05) is 24.9 Å². The Bertz CT molecular complexity index is 103. The predicted octanol–water partition coefficient (Wildman–Crippen LogP) is -1.28. The smallest absolute Gasteiger partial charge is 0.0604 e. The summed E-state index contributed by atoms with van der Waals surface area (Å²) >= 11 is 0. The second-order valence-electron chi connectivity index (χ2n) is 1.88. The number of hydrogen-bond acceptors (Lipinski definition) is 4. The lowest BCUT2D eigenvalue weighted by Gasteiger charge is -2.06. The van der Waals surface area contributed by atoms with Crippen LogP contribution < -0.4 is 16.8 Å². The zero-order valence-corrected chi connectivity index (χ0v) is 6.01. The highest BCUT2D eigenvalue weighted by atomic mass is 16.3. The molecule has 60 valence electrons. The molecular weight excluding hydrogens is 130 g/mol. The zero-order valence-electron chi connectivity index (χ0n) is 6.01. The first kappa shape index (κ1) is 9.26. The second kappa shape index (κ2) is 6.38. The Labute approximate surface area is 60.9 Å². The van der Waals surface area contributed by atoms with E-state index in [4.69, 9.17) is 16.6 Å². The molecule has 0 aliphatic heterocycles. The first-order chi connectivity index (χ1) is 4.85. The van der Waals surface area contributed by atoms with Crippen molar-refractivity contribution in [3.05, 3.63) is 11.9 Å². The molecule has 0 aromatic rings. The van der Waals surface area contributed by atoms with Gasteiger partial charge in [0.1, 0.15) is 0 Å². The van der Waals surface area contributed by atoms with Crippen molar-refractivity contribution in [3.63, 3.8) is 0 Å². The molecule has 6 N–H and O–H groups in total. The highest BCUT2D eigenvalue weighted by molar-refractivity contribution is 4.96. The Morgan fingerprint density at radius 2 is 2.30 bits per heavy atom. The lowest BCUT2D eigenvalue weighted by molar-refractivity contribution is 0.296. The van der Waals surface area contributed by atoms with Gasteiger partial charge in [0.2, 0.25) is 0 Å². The number of nitrogens with one attached hydrogen (secondary N) is 1. The molecule has 0 aromatic heterocycles. The first-order valence-corrected chi connectivity index (χ1v) is 3.30. The van der Waals surface area contributed by atoms with Crippen LogP contribution in [-0.4, -0.2) is 24.8 Å². The van der Waals surface area contributed by atoms with Gasteiger partial charge in [0.25, 0.3) is 0 Å². The maximum atomic E-state index is 8.42. The fourth-order valence-corrected chi connectivity index (χ4v) is 0.603. The van der Waals surface area contributed by atoms with Gasteiger partial charge in [0.15, 0.2) is 0 Å². The lowest BCUT2D eigenvalue weighted by atomic mass is 10.3. The maximum absolute atomic E-state index is 8.42. The van der Waals surface area contributed by atoms with Gasteiger partial charge >= 0.3 is 0 Å². The molecule has 0 rings (SSSR count). The van der Waals surface area contributed by atoms with Gasteiger partial charge in [0.05, 0.1) is 6.61 Å². The minimum atomic E-state index is 0.113. The fourth-order valence-electron chi connectivity index (χ4n) is 0.603. The molecular formula is C6H15N3O. The van der Waals surface area contributed by atoms with E-state index in [0.29, 0.717) is 13.1 Å². The van der Waals surface area contributed by atoms with Crippen LogP contribution in [0.5, 0.6) is 0 Å². The van der Waals surface area contributed by atoms with E-state index in [2.05, 4.69) is 5.32 Å². The SMILES string of the molecule is NC=C(CCN)NCCO. The van der Waals surface area contributed by atoms with E-state index in [-0.39, 0.29) is 6.61 Å². The Morgan fingerprint density at radius 1 is 1.60 bits per heavy atom. The number of nitrogens with two attached hydrogens (primary N) is 2. The van der Waals surface area contributed by atoms with Crippen LogP contribution >= 0.6 is 0 Å². The van der Waals surface area contributed by atoms with E-state index in [9.17, 15) is 0 Å². The molecule has 0 fully saturated rings. The molecule has 0 unspecified atom stereocenters. The van der Waals surface area contributed by atoms with E-state index in [1.54, 1.807) is 0 Å². The van der Waals surface area contributed by atoms with Gasteiger partial charge in [-0.15, -0.1) is 0 Å². The lowest BCUT2D eigenvalue weighted by Crippen LogP contribution is -2.20. The summed E-state index contributed by atoms with van der Waals surface area (Å²) in [5.41, 5.74) is 11.4. The number of aliphatic hydroxyl groups is 1. The number of hydrogen-bond donors (Lipinski definition) is 4. The second-order valence-corrected chi connectivity index (χ2v) is 1.88. The molecule has 0 spiro atoms. The van der Waals surface area contributed by atoms with Crippen molar-refractivity contribution < 1.29 is 5.11 Å². The van der Waals surface area contributed by atoms with Gasteiger partial charge in [-0.1, -0.05) is 0 Å². The van der Waals surface area contributed by atoms with Gasteiger partial charge < -0.3 is 21.9 Å². The summed E-state index contributed by atoms with van der Waals surface area (Å²) in [5, 5.41) is 11.3. The van der Waals surface area contributed by atoms with E-state index in [0.717, 1.165) is 12.1 Å². The van der Waals surface area contributed by atoms with Crippen molar-refractivity contribution in [2.45, 2.75) is 6.42 Å². The Morgan fingerprint density at radius 3 is 2.70 bits per heavy atom. The van der Waals surface area contributed by atoms with Crippen molar-refractivity contribution in [1.29, 1.82) is 0 Å². The van der Waals surface area contributed by atoms with Gasteiger partial charge in [-0.05, 0) is 6.54 Å². The summed E-state index contributed by atoms with van der Waals surface area (Å²) in [6.07, 6.45) is 2.21. The molecule has 4 nitrogen and oxygen atoms in total. The van der Waals surface area contributed by atoms with Crippen molar-refractivity contribution >= 4 is 0 Å². The van der Waals surface area contributed by atoms with Crippen LogP contribution in [0.4, 0.5) is 0 Å². The Kier molecular flexibility index (Phi) is 5.91. The van der Waals surface area contributed by atoms with Crippen LogP contribution in [0.2, 0.25) is 0 Å². The molecule has 4 heteroatoms. The van der Waals surface area contributed by atoms with Crippen molar-refractivity contribution in [3.8, 4) is 0 Å². The van der Waals surface area contributed by atoms with Crippen LogP contribution in [0.15, 0.2) is 11.9 Å². The van der Waals surface area contributed by atoms with Crippen molar-refractivity contribution in [2.24, 2.45) is 11.5 Å². The van der Waals surface area contributed by atoms with Crippen LogP contribution in [-0.2, 0) is 0 Å². The highest BCUT2D eigenvalue weighted by Crippen LogP contribution is 1.89. The maximum Gasteiger partial charge on any atom is 0.0604 e. The molecule has 0 saturated carbocycles. The monoisotopic (exact) mass is 145 g/mol.